The van der Waals surface area contributed by atoms with Crippen molar-refractivity contribution in [2.24, 2.45) is 0 Å². The molecule has 2 rings (SSSR count). The summed E-state index contributed by atoms with van der Waals surface area (Å²) in [4.78, 5) is 1.30. The lowest BCUT2D eigenvalue weighted by Gasteiger charge is -2.19. The smallest absolute Gasteiger partial charge is 0.243 e. The molecule has 0 unspecified atom stereocenters. The van der Waals surface area contributed by atoms with E-state index in [1.165, 1.54) is 15.6 Å². The third kappa shape index (κ3) is 4.22. The number of nitrogens with one attached hydrogen (secondary N) is 1. The first-order chi connectivity index (χ1) is 11.4. The van der Waals surface area contributed by atoms with E-state index >= 15 is 0 Å². The SMILES string of the molecule is CCN(CC)S(=O)(=O)c1ccc(OC)c(NCc2ccc(Cl)s2)c1. The van der Waals surface area contributed by atoms with Crippen LogP contribution in [0.3, 0.4) is 0 Å². The highest BCUT2D eigenvalue weighted by Crippen LogP contribution is 2.30. The van der Waals surface area contributed by atoms with Crippen molar-refractivity contribution in [2.45, 2.75) is 25.3 Å². The number of benzene rings is 1. The standard InChI is InChI=1S/C16H21ClN2O3S2/c1-4-19(5-2)24(20,21)13-7-8-15(22-3)14(10-13)18-11-12-6-9-16(17)23-12/h6-10,18H,4-5,11H2,1-3H3. The molecule has 1 heterocycles. The van der Waals surface area contributed by atoms with Crippen LogP contribution in [-0.4, -0.2) is 32.9 Å². The van der Waals surface area contributed by atoms with Crippen LogP contribution in [-0.2, 0) is 16.6 Å². The topological polar surface area (TPSA) is 58.6 Å². The molecule has 0 amide bonds. The molecule has 5 nitrogen and oxygen atoms in total. The van der Waals surface area contributed by atoms with Gasteiger partial charge < -0.3 is 10.1 Å². The molecule has 1 aromatic heterocycles. The number of ether oxygens (including phenoxy) is 1. The van der Waals surface area contributed by atoms with E-state index in [9.17, 15) is 8.42 Å². The summed E-state index contributed by atoms with van der Waals surface area (Å²) in [6, 6.07) is 8.62. The first kappa shape index (κ1) is 19.1. The minimum absolute atomic E-state index is 0.249. The Morgan fingerprint density at radius 3 is 2.46 bits per heavy atom. The number of thiophene rings is 1. The fraction of sp³-hybridized carbons (Fsp3) is 0.375. The van der Waals surface area contributed by atoms with E-state index in [0.29, 0.717) is 31.1 Å². The molecule has 0 aliphatic rings. The van der Waals surface area contributed by atoms with Crippen LogP contribution in [0.15, 0.2) is 35.2 Å². The lowest BCUT2D eigenvalue weighted by atomic mass is 10.3. The van der Waals surface area contributed by atoms with Crippen molar-refractivity contribution in [1.82, 2.24) is 4.31 Å². The normalized spacial score (nSPS) is 11.7. The molecular weight excluding hydrogens is 368 g/mol. The molecule has 1 aromatic carbocycles. The number of hydrogen-bond acceptors (Lipinski definition) is 5. The molecule has 2 aromatic rings. The Hall–Kier alpha value is -1.28. The average molecular weight is 389 g/mol. The maximum atomic E-state index is 12.7. The predicted molar refractivity (Wildman–Crippen MR) is 99.8 cm³/mol. The minimum atomic E-state index is -3.51. The zero-order valence-electron chi connectivity index (χ0n) is 13.9. The van der Waals surface area contributed by atoms with Crippen molar-refractivity contribution >= 4 is 38.6 Å². The van der Waals surface area contributed by atoms with Gasteiger partial charge in [0.1, 0.15) is 5.75 Å². The molecule has 0 fully saturated rings. The molecule has 0 radical (unpaired) electrons. The van der Waals surface area contributed by atoms with Gasteiger partial charge in [-0.25, -0.2) is 8.42 Å². The average Bonchev–Trinajstić information content (AvgIpc) is 2.99. The lowest BCUT2D eigenvalue weighted by Crippen LogP contribution is -2.30. The number of rotatable bonds is 8. The summed E-state index contributed by atoms with van der Waals surface area (Å²) in [7, 11) is -1.95. The number of hydrogen-bond donors (Lipinski definition) is 1. The number of halogens is 1. The summed E-state index contributed by atoms with van der Waals surface area (Å²) in [5, 5.41) is 3.23. The number of sulfonamides is 1. The van der Waals surface area contributed by atoms with Gasteiger partial charge in [-0.05, 0) is 30.3 Å². The Labute approximate surface area is 152 Å². The largest absolute Gasteiger partial charge is 0.495 e. The Morgan fingerprint density at radius 2 is 1.92 bits per heavy atom. The second-order valence-electron chi connectivity index (χ2n) is 5.01. The van der Waals surface area contributed by atoms with E-state index in [1.54, 1.807) is 25.3 Å². The fourth-order valence-electron chi connectivity index (χ4n) is 2.33. The third-order valence-corrected chi connectivity index (χ3v) is 6.87. The Morgan fingerprint density at radius 1 is 1.21 bits per heavy atom. The monoisotopic (exact) mass is 388 g/mol. The molecule has 1 N–H and O–H groups in total. The van der Waals surface area contributed by atoms with Gasteiger partial charge in [0, 0.05) is 24.5 Å². The molecule has 0 saturated heterocycles. The molecule has 0 saturated carbocycles. The van der Waals surface area contributed by atoms with Gasteiger partial charge in [-0.1, -0.05) is 25.4 Å². The number of methoxy groups -OCH3 is 1. The molecular formula is C16H21ClN2O3S2. The predicted octanol–water partition coefficient (Wildman–Crippen LogP) is 4.05. The highest BCUT2D eigenvalue weighted by atomic mass is 35.5. The third-order valence-electron chi connectivity index (χ3n) is 3.60. The van der Waals surface area contributed by atoms with E-state index in [2.05, 4.69) is 5.32 Å². The van der Waals surface area contributed by atoms with Gasteiger partial charge in [0.05, 0.1) is 22.0 Å². The second kappa shape index (κ2) is 8.20. The van der Waals surface area contributed by atoms with Crippen molar-refractivity contribution in [3.8, 4) is 5.75 Å². The van der Waals surface area contributed by atoms with Crippen LogP contribution in [0.25, 0.3) is 0 Å². The first-order valence-electron chi connectivity index (χ1n) is 7.58. The second-order valence-corrected chi connectivity index (χ2v) is 8.75. The maximum Gasteiger partial charge on any atom is 0.243 e. The van der Waals surface area contributed by atoms with Gasteiger partial charge in [-0.3, -0.25) is 0 Å². The van der Waals surface area contributed by atoms with Crippen molar-refractivity contribution in [3.05, 3.63) is 39.5 Å². The Balaban J connectivity index is 2.30. The summed E-state index contributed by atoms with van der Waals surface area (Å²) in [5.41, 5.74) is 0.634. The quantitative estimate of drug-likeness (QED) is 0.741. The summed E-state index contributed by atoms with van der Waals surface area (Å²) in [6.07, 6.45) is 0. The van der Waals surface area contributed by atoms with E-state index in [0.717, 1.165) is 9.21 Å². The van der Waals surface area contributed by atoms with Crippen molar-refractivity contribution in [3.63, 3.8) is 0 Å². The van der Waals surface area contributed by atoms with Crippen molar-refractivity contribution in [1.29, 1.82) is 0 Å². The molecule has 0 aliphatic heterocycles. The van der Waals surface area contributed by atoms with Crippen LogP contribution in [0.1, 0.15) is 18.7 Å². The zero-order chi connectivity index (χ0) is 17.7. The van der Waals surface area contributed by atoms with Gasteiger partial charge in [0.2, 0.25) is 10.0 Å². The zero-order valence-corrected chi connectivity index (χ0v) is 16.3. The molecule has 8 heteroatoms. The van der Waals surface area contributed by atoms with E-state index in [-0.39, 0.29) is 4.90 Å². The molecule has 0 atom stereocenters. The van der Waals surface area contributed by atoms with Gasteiger partial charge in [0.25, 0.3) is 0 Å². The molecule has 0 aliphatic carbocycles. The van der Waals surface area contributed by atoms with Crippen LogP contribution >= 0.6 is 22.9 Å². The van der Waals surface area contributed by atoms with Crippen LogP contribution in [0.4, 0.5) is 5.69 Å². The molecule has 0 spiro atoms. The maximum absolute atomic E-state index is 12.7. The summed E-state index contributed by atoms with van der Waals surface area (Å²) < 4.78 is 32.8. The van der Waals surface area contributed by atoms with Gasteiger partial charge in [-0.15, -0.1) is 11.3 Å². The Kier molecular flexibility index (Phi) is 6.51. The number of anilines is 1. The first-order valence-corrected chi connectivity index (χ1v) is 10.2. The van der Waals surface area contributed by atoms with Crippen molar-refractivity contribution in [2.75, 3.05) is 25.5 Å². The van der Waals surface area contributed by atoms with Gasteiger partial charge in [-0.2, -0.15) is 4.31 Å². The van der Waals surface area contributed by atoms with Crippen LogP contribution < -0.4 is 10.1 Å². The summed E-state index contributed by atoms with van der Waals surface area (Å²) >= 11 is 7.41. The molecule has 24 heavy (non-hydrogen) atoms. The van der Waals surface area contributed by atoms with E-state index in [4.69, 9.17) is 16.3 Å². The van der Waals surface area contributed by atoms with Crippen LogP contribution in [0.2, 0.25) is 4.34 Å². The highest BCUT2D eigenvalue weighted by molar-refractivity contribution is 7.89. The lowest BCUT2D eigenvalue weighted by molar-refractivity contribution is 0.415. The summed E-state index contributed by atoms with van der Waals surface area (Å²) in [5.74, 6) is 0.594. The van der Waals surface area contributed by atoms with Crippen LogP contribution in [0, 0.1) is 0 Å². The minimum Gasteiger partial charge on any atom is -0.495 e. The van der Waals surface area contributed by atoms with Crippen molar-refractivity contribution < 1.29 is 13.2 Å². The Bertz CT molecular complexity index is 786. The number of nitrogens with zero attached hydrogens (tertiary/aromatic N) is 1. The van der Waals surface area contributed by atoms with E-state index in [1.807, 2.05) is 26.0 Å². The summed E-state index contributed by atoms with van der Waals surface area (Å²) in [6.45, 7) is 5.06. The molecule has 0 bridgehead atoms. The molecule has 132 valence electrons. The fourth-order valence-corrected chi connectivity index (χ4v) is 4.84. The van der Waals surface area contributed by atoms with Gasteiger partial charge >= 0.3 is 0 Å². The van der Waals surface area contributed by atoms with E-state index < -0.39 is 10.0 Å². The van der Waals surface area contributed by atoms with Gasteiger partial charge in [0.15, 0.2) is 0 Å². The highest BCUT2D eigenvalue weighted by Gasteiger charge is 2.22. The van der Waals surface area contributed by atoms with Crippen LogP contribution in [0.5, 0.6) is 5.75 Å².